The highest BCUT2D eigenvalue weighted by Gasteiger charge is 2.13. The highest BCUT2D eigenvalue weighted by Crippen LogP contribution is 2.26. The molecule has 0 radical (unpaired) electrons. The topological polar surface area (TPSA) is 52.3 Å². The predicted octanol–water partition coefficient (Wildman–Crippen LogP) is 1.72. The van der Waals surface area contributed by atoms with Crippen LogP contribution in [0.2, 0.25) is 0 Å². The van der Waals surface area contributed by atoms with Crippen molar-refractivity contribution >= 4 is 5.91 Å². The van der Waals surface area contributed by atoms with Crippen molar-refractivity contribution < 1.29 is 9.53 Å². The van der Waals surface area contributed by atoms with Gasteiger partial charge in [-0.1, -0.05) is 0 Å². The maximum absolute atomic E-state index is 11.2. The maximum Gasteiger partial charge on any atom is 0.249 e. The fraction of sp³-hybridized carbons (Fsp3) is 0.364. The molecule has 1 rings (SSSR count). The third kappa shape index (κ3) is 1.58. The van der Waals surface area contributed by atoms with E-state index in [9.17, 15) is 4.79 Å². The third-order valence-corrected chi connectivity index (χ3v) is 2.52. The summed E-state index contributed by atoms with van der Waals surface area (Å²) in [6.45, 7) is 5.65. The molecule has 3 nitrogen and oxygen atoms in total. The lowest BCUT2D eigenvalue weighted by Gasteiger charge is -2.13. The molecule has 0 fully saturated rings. The number of amides is 1. The molecule has 76 valence electrons. The summed E-state index contributed by atoms with van der Waals surface area (Å²) in [5, 5.41) is 0. The van der Waals surface area contributed by atoms with Crippen molar-refractivity contribution in [1.82, 2.24) is 0 Å². The standard InChI is InChI=1S/C11H15NO2/c1-6-5-9(14-4)7(2)8(3)10(6)11(12)13/h5H,1-4H3,(H2,12,13). The first kappa shape index (κ1) is 10.6. The van der Waals surface area contributed by atoms with Gasteiger partial charge in [-0.3, -0.25) is 4.79 Å². The number of benzene rings is 1. The van der Waals surface area contributed by atoms with Crippen molar-refractivity contribution in [2.75, 3.05) is 7.11 Å². The summed E-state index contributed by atoms with van der Waals surface area (Å²) in [6, 6.07) is 1.84. The number of hydrogen-bond donors (Lipinski definition) is 1. The minimum atomic E-state index is -0.384. The zero-order valence-corrected chi connectivity index (χ0v) is 8.97. The number of nitrogens with two attached hydrogens (primary N) is 1. The molecular weight excluding hydrogens is 178 g/mol. The number of carbonyl (C=O) groups is 1. The largest absolute Gasteiger partial charge is 0.496 e. The Hall–Kier alpha value is -1.51. The Balaban J connectivity index is 3.49. The molecule has 0 saturated carbocycles. The first-order chi connectivity index (χ1) is 6.49. The van der Waals surface area contributed by atoms with Crippen LogP contribution in [0.3, 0.4) is 0 Å². The van der Waals surface area contributed by atoms with Crippen molar-refractivity contribution in [3.8, 4) is 5.75 Å². The van der Waals surface area contributed by atoms with Gasteiger partial charge in [-0.15, -0.1) is 0 Å². The molecule has 1 aromatic rings. The average Bonchev–Trinajstić information content (AvgIpc) is 2.10. The van der Waals surface area contributed by atoms with E-state index in [0.717, 1.165) is 22.4 Å². The van der Waals surface area contributed by atoms with Gasteiger partial charge in [0.05, 0.1) is 7.11 Å². The van der Waals surface area contributed by atoms with Gasteiger partial charge >= 0.3 is 0 Å². The average molecular weight is 193 g/mol. The van der Waals surface area contributed by atoms with Crippen LogP contribution in [0.4, 0.5) is 0 Å². The molecule has 0 saturated heterocycles. The van der Waals surface area contributed by atoms with Crippen LogP contribution in [0.5, 0.6) is 5.75 Å². The third-order valence-electron chi connectivity index (χ3n) is 2.52. The lowest BCUT2D eigenvalue weighted by atomic mass is 9.97. The van der Waals surface area contributed by atoms with E-state index >= 15 is 0 Å². The van der Waals surface area contributed by atoms with Crippen LogP contribution >= 0.6 is 0 Å². The molecule has 1 amide bonds. The monoisotopic (exact) mass is 193 g/mol. The molecule has 0 heterocycles. The lowest BCUT2D eigenvalue weighted by molar-refractivity contribution is 0.0999. The number of methoxy groups -OCH3 is 1. The van der Waals surface area contributed by atoms with Crippen molar-refractivity contribution in [3.63, 3.8) is 0 Å². The fourth-order valence-electron chi connectivity index (χ4n) is 1.64. The molecular formula is C11H15NO2. The summed E-state index contributed by atoms with van der Waals surface area (Å²) in [7, 11) is 1.62. The molecule has 2 N–H and O–H groups in total. The Morgan fingerprint density at radius 1 is 1.29 bits per heavy atom. The van der Waals surface area contributed by atoms with E-state index in [4.69, 9.17) is 10.5 Å². The van der Waals surface area contributed by atoms with Gasteiger partial charge in [0.2, 0.25) is 5.91 Å². The summed E-state index contributed by atoms with van der Waals surface area (Å²) < 4.78 is 5.19. The van der Waals surface area contributed by atoms with E-state index in [1.807, 2.05) is 26.8 Å². The quantitative estimate of drug-likeness (QED) is 0.777. The van der Waals surface area contributed by atoms with Crippen LogP contribution in [-0.4, -0.2) is 13.0 Å². The molecule has 14 heavy (non-hydrogen) atoms. The van der Waals surface area contributed by atoms with Crippen LogP contribution in [0.15, 0.2) is 6.07 Å². The molecule has 0 aromatic heterocycles. The van der Waals surface area contributed by atoms with Gasteiger partial charge in [0.25, 0.3) is 0 Å². The highest BCUT2D eigenvalue weighted by molar-refractivity contribution is 5.96. The summed E-state index contributed by atoms with van der Waals surface area (Å²) in [5.74, 6) is 0.413. The smallest absolute Gasteiger partial charge is 0.249 e. The second-order valence-corrected chi connectivity index (χ2v) is 3.38. The van der Waals surface area contributed by atoms with Crippen LogP contribution in [0, 0.1) is 20.8 Å². The number of ether oxygens (including phenoxy) is 1. The van der Waals surface area contributed by atoms with Gasteiger partial charge in [-0.25, -0.2) is 0 Å². The first-order valence-corrected chi connectivity index (χ1v) is 4.43. The Labute approximate surface area is 83.9 Å². The molecule has 0 spiro atoms. The minimum absolute atomic E-state index is 0.384. The van der Waals surface area contributed by atoms with Crippen molar-refractivity contribution in [3.05, 3.63) is 28.3 Å². The zero-order chi connectivity index (χ0) is 10.9. The van der Waals surface area contributed by atoms with Crippen molar-refractivity contribution in [2.24, 2.45) is 5.73 Å². The van der Waals surface area contributed by atoms with Crippen LogP contribution in [0.25, 0.3) is 0 Å². The maximum atomic E-state index is 11.2. The molecule has 0 unspecified atom stereocenters. The van der Waals surface area contributed by atoms with Gasteiger partial charge in [0.1, 0.15) is 5.75 Å². The van der Waals surface area contributed by atoms with E-state index < -0.39 is 0 Å². The number of primary amides is 1. The number of rotatable bonds is 2. The van der Waals surface area contributed by atoms with E-state index in [1.165, 1.54) is 0 Å². The van der Waals surface area contributed by atoms with E-state index in [1.54, 1.807) is 7.11 Å². The van der Waals surface area contributed by atoms with Gasteiger partial charge in [0, 0.05) is 5.56 Å². The number of carbonyl (C=O) groups excluding carboxylic acids is 1. The van der Waals surface area contributed by atoms with Gasteiger partial charge in [0.15, 0.2) is 0 Å². The summed E-state index contributed by atoms with van der Waals surface area (Å²) in [5.41, 5.74) is 8.62. The van der Waals surface area contributed by atoms with E-state index in [-0.39, 0.29) is 5.91 Å². The fourth-order valence-corrected chi connectivity index (χ4v) is 1.64. The number of hydrogen-bond acceptors (Lipinski definition) is 2. The van der Waals surface area contributed by atoms with Crippen LogP contribution < -0.4 is 10.5 Å². The molecule has 0 aliphatic rings. The van der Waals surface area contributed by atoms with E-state index in [2.05, 4.69) is 0 Å². The van der Waals surface area contributed by atoms with Gasteiger partial charge in [-0.05, 0) is 43.5 Å². The Morgan fingerprint density at radius 3 is 2.29 bits per heavy atom. The minimum Gasteiger partial charge on any atom is -0.496 e. The molecule has 0 bridgehead atoms. The Bertz CT molecular complexity index is 383. The zero-order valence-electron chi connectivity index (χ0n) is 8.97. The van der Waals surface area contributed by atoms with Crippen LogP contribution in [-0.2, 0) is 0 Å². The second-order valence-electron chi connectivity index (χ2n) is 3.38. The summed E-state index contributed by atoms with van der Waals surface area (Å²) in [6.07, 6.45) is 0. The van der Waals surface area contributed by atoms with Gasteiger partial charge in [-0.2, -0.15) is 0 Å². The predicted molar refractivity (Wildman–Crippen MR) is 55.7 cm³/mol. The van der Waals surface area contributed by atoms with Crippen molar-refractivity contribution in [1.29, 1.82) is 0 Å². The number of aryl methyl sites for hydroxylation is 1. The normalized spacial score (nSPS) is 10.0. The molecule has 0 aliphatic heterocycles. The van der Waals surface area contributed by atoms with Gasteiger partial charge < -0.3 is 10.5 Å². The SMILES string of the molecule is COc1cc(C)c(C(N)=O)c(C)c1C. The lowest BCUT2D eigenvalue weighted by Crippen LogP contribution is -2.15. The molecule has 0 atom stereocenters. The highest BCUT2D eigenvalue weighted by atomic mass is 16.5. The Kier molecular flexibility index (Phi) is 2.79. The summed E-state index contributed by atoms with van der Waals surface area (Å²) in [4.78, 5) is 11.2. The molecule has 0 aliphatic carbocycles. The molecule has 3 heteroatoms. The van der Waals surface area contributed by atoms with Crippen molar-refractivity contribution in [2.45, 2.75) is 20.8 Å². The second kappa shape index (κ2) is 3.70. The van der Waals surface area contributed by atoms with E-state index in [0.29, 0.717) is 5.56 Å². The molecule has 1 aromatic carbocycles. The first-order valence-electron chi connectivity index (χ1n) is 4.43. The Morgan fingerprint density at radius 2 is 1.86 bits per heavy atom. The summed E-state index contributed by atoms with van der Waals surface area (Å²) >= 11 is 0. The van der Waals surface area contributed by atoms with Crippen LogP contribution in [0.1, 0.15) is 27.0 Å².